The SMILES string of the molecule is COc1ccc(-n2c(=O)nc3n(C(C)C)c4ccc(C(N)=O)cc4n3c2=O)cc1. The Morgan fingerprint density at radius 2 is 1.76 bits per heavy atom. The van der Waals surface area contributed by atoms with Crippen LogP contribution in [0.4, 0.5) is 0 Å². The summed E-state index contributed by atoms with van der Waals surface area (Å²) in [6.45, 7) is 3.84. The molecule has 0 spiro atoms. The van der Waals surface area contributed by atoms with Crippen LogP contribution in [0.1, 0.15) is 30.2 Å². The van der Waals surface area contributed by atoms with Crippen LogP contribution in [0.2, 0.25) is 0 Å². The number of carbonyl (C=O) groups is 1. The van der Waals surface area contributed by atoms with Gasteiger partial charge in [-0.05, 0) is 56.3 Å². The lowest BCUT2D eigenvalue weighted by molar-refractivity contribution is 0.100. The average molecular weight is 393 g/mol. The van der Waals surface area contributed by atoms with Crippen LogP contribution in [-0.2, 0) is 0 Å². The van der Waals surface area contributed by atoms with E-state index in [1.807, 2.05) is 13.8 Å². The smallest absolute Gasteiger partial charge is 0.359 e. The first-order valence-electron chi connectivity index (χ1n) is 8.97. The Balaban J connectivity index is 2.15. The van der Waals surface area contributed by atoms with Gasteiger partial charge in [-0.2, -0.15) is 4.98 Å². The lowest BCUT2D eigenvalue weighted by atomic mass is 10.2. The van der Waals surface area contributed by atoms with Gasteiger partial charge in [0.15, 0.2) is 0 Å². The van der Waals surface area contributed by atoms with Gasteiger partial charge in [-0.3, -0.25) is 4.79 Å². The number of hydrogen-bond donors (Lipinski definition) is 1. The van der Waals surface area contributed by atoms with E-state index in [2.05, 4.69) is 4.98 Å². The van der Waals surface area contributed by atoms with Crippen LogP contribution < -0.4 is 21.9 Å². The van der Waals surface area contributed by atoms with Gasteiger partial charge in [0.2, 0.25) is 11.7 Å². The number of hydrogen-bond acceptors (Lipinski definition) is 5. The Bertz CT molecular complexity index is 1380. The Kier molecular flexibility index (Phi) is 4.22. The van der Waals surface area contributed by atoms with Gasteiger partial charge < -0.3 is 15.0 Å². The number of carbonyl (C=O) groups excluding carboxylic acids is 1. The molecule has 0 bridgehead atoms. The maximum atomic E-state index is 13.4. The highest BCUT2D eigenvalue weighted by molar-refractivity contribution is 5.97. The molecule has 2 N–H and O–H groups in total. The third-order valence-corrected chi connectivity index (χ3v) is 4.79. The van der Waals surface area contributed by atoms with Gasteiger partial charge in [0.1, 0.15) is 5.75 Å². The number of fused-ring (bicyclic) bond motifs is 3. The molecule has 148 valence electrons. The van der Waals surface area contributed by atoms with Crippen molar-refractivity contribution < 1.29 is 9.53 Å². The number of amides is 1. The zero-order valence-corrected chi connectivity index (χ0v) is 16.1. The van der Waals surface area contributed by atoms with Crippen LogP contribution in [0, 0.1) is 0 Å². The highest BCUT2D eigenvalue weighted by Crippen LogP contribution is 2.23. The highest BCUT2D eigenvalue weighted by atomic mass is 16.5. The maximum Gasteiger partial charge on any atom is 0.359 e. The highest BCUT2D eigenvalue weighted by Gasteiger charge is 2.20. The molecule has 0 fully saturated rings. The summed E-state index contributed by atoms with van der Waals surface area (Å²) < 4.78 is 9.21. The predicted molar refractivity (Wildman–Crippen MR) is 108 cm³/mol. The molecule has 29 heavy (non-hydrogen) atoms. The fraction of sp³-hybridized carbons (Fsp3) is 0.200. The van der Waals surface area contributed by atoms with Crippen molar-refractivity contribution in [2.45, 2.75) is 19.9 Å². The number of nitrogens with two attached hydrogens (primary N) is 1. The van der Waals surface area contributed by atoms with Crippen molar-refractivity contribution >= 4 is 22.7 Å². The summed E-state index contributed by atoms with van der Waals surface area (Å²) in [5, 5.41) is 0. The fourth-order valence-electron chi connectivity index (χ4n) is 3.45. The van der Waals surface area contributed by atoms with Crippen LogP contribution in [0.15, 0.2) is 52.1 Å². The first-order chi connectivity index (χ1) is 13.8. The molecule has 0 aliphatic rings. The first-order valence-corrected chi connectivity index (χ1v) is 8.97. The molecule has 9 nitrogen and oxygen atoms in total. The standard InChI is InChI=1S/C20H19N5O4/c1-11(2)23-15-9-4-12(17(21)26)10-16(15)25-18(23)22-19(27)24(20(25)28)13-5-7-14(29-3)8-6-13/h4-11H,1-3H3,(H2,21,26). The monoisotopic (exact) mass is 393 g/mol. The van der Waals surface area contributed by atoms with Gasteiger partial charge in [-0.25, -0.2) is 18.6 Å². The van der Waals surface area contributed by atoms with Crippen molar-refractivity contribution in [1.29, 1.82) is 0 Å². The van der Waals surface area contributed by atoms with Crippen molar-refractivity contribution in [3.63, 3.8) is 0 Å². The molecule has 0 aliphatic carbocycles. The normalized spacial score (nSPS) is 11.4. The number of rotatable bonds is 4. The van der Waals surface area contributed by atoms with Crippen molar-refractivity contribution in [1.82, 2.24) is 18.5 Å². The molecule has 1 amide bonds. The minimum Gasteiger partial charge on any atom is -0.497 e. The number of aromatic nitrogens is 4. The fourth-order valence-corrected chi connectivity index (χ4v) is 3.45. The van der Waals surface area contributed by atoms with Gasteiger partial charge in [0.05, 0.1) is 23.8 Å². The molecule has 2 heterocycles. The van der Waals surface area contributed by atoms with Gasteiger partial charge in [-0.15, -0.1) is 0 Å². The van der Waals surface area contributed by atoms with Crippen LogP contribution in [0.3, 0.4) is 0 Å². The van der Waals surface area contributed by atoms with Crippen LogP contribution >= 0.6 is 0 Å². The molecule has 2 aromatic carbocycles. The minimum atomic E-state index is -0.694. The number of ether oxygens (including phenoxy) is 1. The van der Waals surface area contributed by atoms with E-state index in [0.717, 1.165) is 4.57 Å². The van der Waals surface area contributed by atoms with Gasteiger partial charge in [0, 0.05) is 11.6 Å². The Labute approximate surface area is 164 Å². The van der Waals surface area contributed by atoms with Crippen LogP contribution in [0.5, 0.6) is 5.75 Å². The largest absolute Gasteiger partial charge is 0.497 e. The molecule has 0 saturated carbocycles. The van der Waals surface area contributed by atoms with E-state index in [0.29, 0.717) is 22.5 Å². The third-order valence-electron chi connectivity index (χ3n) is 4.79. The van der Waals surface area contributed by atoms with E-state index in [-0.39, 0.29) is 17.4 Å². The maximum absolute atomic E-state index is 13.4. The van der Waals surface area contributed by atoms with Crippen molar-refractivity contribution in [3.05, 3.63) is 69.0 Å². The van der Waals surface area contributed by atoms with Crippen molar-refractivity contribution in [2.24, 2.45) is 5.73 Å². The van der Waals surface area contributed by atoms with Crippen LogP contribution in [-0.4, -0.2) is 31.5 Å². The second-order valence-electron chi connectivity index (χ2n) is 6.88. The molecule has 9 heteroatoms. The number of benzene rings is 2. The molecule has 0 atom stereocenters. The number of primary amides is 1. The topological polar surface area (TPSA) is 114 Å². The molecule has 4 rings (SSSR count). The van der Waals surface area contributed by atoms with E-state index >= 15 is 0 Å². The number of methoxy groups -OCH3 is 1. The molecule has 0 radical (unpaired) electrons. The summed E-state index contributed by atoms with van der Waals surface area (Å²) in [7, 11) is 1.53. The zero-order chi connectivity index (χ0) is 20.9. The Hall–Kier alpha value is -3.88. The minimum absolute atomic E-state index is 0.0786. The van der Waals surface area contributed by atoms with Crippen LogP contribution in [0.25, 0.3) is 22.5 Å². The molecule has 4 aromatic rings. The van der Waals surface area contributed by atoms with E-state index in [1.54, 1.807) is 41.0 Å². The van der Waals surface area contributed by atoms with Gasteiger partial charge >= 0.3 is 11.4 Å². The van der Waals surface area contributed by atoms with E-state index in [1.165, 1.54) is 17.6 Å². The zero-order valence-electron chi connectivity index (χ0n) is 16.1. The molecular formula is C20H19N5O4. The summed E-state index contributed by atoms with van der Waals surface area (Å²) >= 11 is 0. The average Bonchev–Trinajstić information content (AvgIpc) is 3.01. The third kappa shape index (κ3) is 2.78. The Morgan fingerprint density at radius 1 is 1.07 bits per heavy atom. The quantitative estimate of drug-likeness (QED) is 0.564. The number of imidazole rings is 1. The summed E-state index contributed by atoms with van der Waals surface area (Å²) in [5.41, 5.74) is 5.86. The lowest BCUT2D eigenvalue weighted by Gasteiger charge is -2.10. The van der Waals surface area contributed by atoms with Gasteiger partial charge in [0.25, 0.3) is 0 Å². The van der Waals surface area contributed by atoms with Gasteiger partial charge in [-0.1, -0.05) is 0 Å². The molecule has 0 aliphatic heterocycles. The second-order valence-corrected chi connectivity index (χ2v) is 6.88. The molecule has 2 aromatic heterocycles. The van der Waals surface area contributed by atoms with E-state index in [9.17, 15) is 14.4 Å². The Morgan fingerprint density at radius 3 is 2.34 bits per heavy atom. The second kappa shape index (κ2) is 6.62. The predicted octanol–water partition coefficient (Wildman–Crippen LogP) is 1.49. The summed E-state index contributed by atoms with van der Waals surface area (Å²) in [5.74, 6) is 0.191. The number of nitrogens with zero attached hydrogens (tertiary/aromatic N) is 4. The van der Waals surface area contributed by atoms with Crippen molar-refractivity contribution in [2.75, 3.05) is 7.11 Å². The summed E-state index contributed by atoms with van der Waals surface area (Å²) in [6.07, 6.45) is 0. The van der Waals surface area contributed by atoms with E-state index < -0.39 is 17.3 Å². The lowest BCUT2D eigenvalue weighted by Crippen LogP contribution is -2.38. The summed E-state index contributed by atoms with van der Waals surface area (Å²) in [6, 6.07) is 11.3. The molecule has 0 unspecified atom stereocenters. The molecule has 0 saturated heterocycles. The summed E-state index contributed by atoms with van der Waals surface area (Å²) in [4.78, 5) is 41.9. The van der Waals surface area contributed by atoms with E-state index in [4.69, 9.17) is 10.5 Å². The van der Waals surface area contributed by atoms with Crippen molar-refractivity contribution in [3.8, 4) is 11.4 Å². The molecular weight excluding hydrogens is 374 g/mol. The first kappa shape index (κ1) is 18.5.